The molecule has 1 aliphatic heterocycles. The van der Waals surface area contributed by atoms with Crippen LogP contribution in [0.5, 0.6) is 0 Å². The fourth-order valence-corrected chi connectivity index (χ4v) is 4.35. The summed E-state index contributed by atoms with van der Waals surface area (Å²) in [6, 6.07) is 9.61. The number of hydrogen-bond acceptors (Lipinski definition) is 4. The molecule has 0 spiro atoms. The molecule has 0 bridgehead atoms. The van der Waals surface area contributed by atoms with Gasteiger partial charge in [-0.3, -0.25) is 14.2 Å². The Morgan fingerprint density at radius 3 is 2.45 bits per heavy atom. The number of amides is 1. The van der Waals surface area contributed by atoms with Gasteiger partial charge in [0.15, 0.2) is 11.2 Å². The quantitative estimate of drug-likeness (QED) is 0.553. The van der Waals surface area contributed by atoms with Gasteiger partial charge < -0.3 is 9.47 Å². The zero-order chi connectivity index (χ0) is 23.5. The summed E-state index contributed by atoms with van der Waals surface area (Å²) in [6.45, 7) is 8.44. The normalized spacial score (nSPS) is 15.0. The third-order valence-electron chi connectivity index (χ3n) is 6.54. The van der Waals surface area contributed by atoms with Crippen LogP contribution in [0.1, 0.15) is 45.6 Å². The molecule has 0 N–H and O–H groups in total. The number of carbonyl (C=O) groups is 1. The number of hydrogen-bond donors (Lipinski definition) is 0. The molecule has 4 rings (SSSR count). The summed E-state index contributed by atoms with van der Waals surface area (Å²) >= 11 is 0. The first-order valence-corrected chi connectivity index (χ1v) is 11.8. The van der Waals surface area contributed by atoms with Gasteiger partial charge in [0.1, 0.15) is 6.54 Å². The Bertz CT molecular complexity index is 1230. The largest absolute Gasteiger partial charge is 0.341 e. The maximum atomic E-state index is 13.5. The van der Waals surface area contributed by atoms with Crippen molar-refractivity contribution in [2.24, 2.45) is 11.8 Å². The number of rotatable bonds is 7. The van der Waals surface area contributed by atoms with E-state index in [9.17, 15) is 14.4 Å². The number of carbonyl (C=O) groups excluding carboxylic acids is 1. The molecule has 176 valence electrons. The minimum atomic E-state index is -0.496. The summed E-state index contributed by atoms with van der Waals surface area (Å²) in [6.07, 6.45) is 4.40. The van der Waals surface area contributed by atoms with E-state index in [1.165, 1.54) is 4.57 Å². The van der Waals surface area contributed by atoms with Crippen molar-refractivity contribution in [2.45, 2.75) is 59.7 Å². The van der Waals surface area contributed by atoms with Gasteiger partial charge in [0, 0.05) is 19.6 Å². The molecule has 1 saturated heterocycles. The molecule has 1 fully saturated rings. The Labute approximate surface area is 193 Å². The maximum absolute atomic E-state index is 13.5. The molecule has 8 heteroatoms. The number of benzene rings is 1. The van der Waals surface area contributed by atoms with Gasteiger partial charge in [-0.2, -0.15) is 0 Å². The minimum Gasteiger partial charge on any atom is -0.341 e. The van der Waals surface area contributed by atoms with E-state index in [4.69, 9.17) is 0 Å². The SMILES string of the molecule is CC(C)CCn1cnc2c1c(=O)n(CC(=O)N1CCC(C)CC1)c(=O)n2Cc1ccccc1. The van der Waals surface area contributed by atoms with Gasteiger partial charge in [-0.1, -0.05) is 51.1 Å². The Morgan fingerprint density at radius 1 is 1.09 bits per heavy atom. The zero-order valence-electron chi connectivity index (χ0n) is 19.7. The van der Waals surface area contributed by atoms with Crippen LogP contribution >= 0.6 is 0 Å². The van der Waals surface area contributed by atoms with Crippen LogP contribution in [0.3, 0.4) is 0 Å². The van der Waals surface area contributed by atoms with Gasteiger partial charge in [0.2, 0.25) is 5.91 Å². The molecule has 3 heterocycles. The predicted octanol–water partition coefficient (Wildman–Crippen LogP) is 2.71. The number of nitrogens with zero attached hydrogens (tertiary/aromatic N) is 5. The highest BCUT2D eigenvalue weighted by atomic mass is 16.2. The monoisotopic (exact) mass is 451 g/mol. The third-order valence-corrected chi connectivity index (χ3v) is 6.54. The summed E-state index contributed by atoms with van der Waals surface area (Å²) in [4.78, 5) is 46.2. The van der Waals surface area contributed by atoms with E-state index >= 15 is 0 Å². The minimum absolute atomic E-state index is 0.181. The summed E-state index contributed by atoms with van der Waals surface area (Å²) in [5.74, 6) is 0.870. The fourth-order valence-electron chi connectivity index (χ4n) is 4.35. The molecule has 0 saturated carbocycles. The number of aromatic nitrogens is 4. The lowest BCUT2D eigenvalue weighted by Gasteiger charge is -2.30. The number of piperidine rings is 1. The summed E-state index contributed by atoms with van der Waals surface area (Å²) < 4.78 is 4.44. The number of aryl methyl sites for hydroxylation is 1. The molecule has 1 amide bonds. The van der Waals surface area contributed by atoms with Crippen LogP contribution < -0.4 is 11.2 Å². The second-order valence-corrected chi connectivity index (χ2v) is 9.60. The molecular weight excluding hydrogens is 418 g/mol. The predicted molar refractivity (Wildman–Crippen MR) is 128 cm³/mol. The first-order chi connectivity index (χ1) is 15.8. The maximum Gasteiger partial charge on any atom is 0.333 e. The lowest BCUT2D eigenvalue weighted by molar-refractivity contribution is -0.133. The first kappa shape index (κ1) is 23.0. The van der Waals surface area contributed by atoms with Crippen molar-refractivity contribution in [1.29, 1.82) is 0 Å². The van der Waals surface area contributed by atoms with Gasteiger partial charge in [-0.25, -0.2) is 14.3 Å². The zero-order valence-corrected chi connectivity index (χ0v) is 19.7. The molecule has 33 heavy (non-hydrogen) atoms. The summed E-state index contributed by atoms with van der Waals surface area (Å²) in [5, 5.41) is 0. The topological polar surface area (TPSA) is 82.1 Å². The molecule has 8 nitrogen and oxygen atoms in total. The van der Waals surface area contributed by atoms with Crippen LogP contribution in [0, 0.1) is 11.8 Å². The van der Waals surface area contributed by atoms with Crippen LogP contribution in [0.4, 0.5) is 0 Å². The molecule has 0 radical (unpaired) electrons. The highest BCUT2D eigenvalue weighted by molar-refractivity contribution is 5.77. The van der Waals surface area contributed by atoms with Crippen LogP contribution in [-0.2, 0) is 24.4 Å². The van der Waals surface area contributed by atoms with Gasteiger partial charge >= 0.3 is 5.69 Å². The molecule has 3 aromatic rings. The average Bonchev–Trinajstić information content (AvgIpc) is 3.23. The Balaban J connectivity index is 1.77. The van der Waals surface area contributed by atoms with Gasteiger partial charge in [0.25, 0.3) is 5.56 Å². The van der Waals surface area contributed by atoms with Crippen molar-refractivity contribution in [3.8, 4) is 0 Å². The smallest absolute Gasteiger partial charge is 0.333 e. The van der Waals surface area contributed by atoms with Gasteiger partial charge in [-0.05, 0) is 36.7 Å². The standard InChI is InChI=1S/C25H33N5O3/c1-18(2)9-12-28-17-26-23-22(28)24(32)30(16-21(31)27-13-10-19(3)11-14-27)25(33)29(23)15-20-7-5-4-6-8-20/h4-8,17-19H,9-16H2,1-3H3. The third kappa shape index (κ3) is 4.94. The van der Waals surface area contributed by atoms with Crippen molar-refractivity contribution in [3.05, 3.63) is 63.1 Å². The Hall–Kier alpha value is -3.16. The van der Waals surface area contributed by atoms with E-state index in [0.29, 0.717) is 42.6 Å². The Kier molecular flexibility index (Phi) is 6.81. The number of imidazole rings is 1. The van der Waals surface area contributed by atoms with Crippen LogP contribution in [0.25, 0.3) is 11.2 Å². The van der Waals surface area contributed by atoms with E-state index in [1.807, 2.05) is 34.9 Å². The molecule has 0 aliphatic carbocycles. The first-order valence-electron chi connectivity index (χ1n) is 11.8. The van der Waals surface area contributed by atoms with Crippen LogP contribution in [0.15, 0.2) is 46.2 Å². The molecule has 1 aromatic carbocycles. The van der Waals surface area contributed by atoms with E-state index in [0.717, 1.165) is 29.4 Å². The number of fused-ring (bicyclic) bond motifs is 1. The van der Waals surface area contributed by atoms with Crippen molar-refractivity contribution >= 4 is 17.1 Å². The molecule has 0 atom stereocenters. The lowest BCUT2D eigenvalue weighted by atomic mass is 9.99. The highest BCUT2D eigenvalue weighted by Gasteiger charge is 2.24. The fraction of sp³-hybridized carbons (Fsp3) is 0.520. The molecule has 0 unspecified atom stereocenters. The Morgan fingerprint density at radius 2 is 1.79 bits per heavy atom. The van der Waals surface area contributed by atoms with E-state index in [1.54, 1.807) is 11.2 Å². The van der Waals surface area contributed by atoms with Crippen LogP contribution in [0.2, 0.25) is 0 Å². The van der Waals surface area contributed by atoms with E-state index in [2.05, 4.69) is 25.8 Å². The van der Waals surface area contributed by atoms with E-state index in [-0.39, 0.29) is 19.0 Å². The summed E-state index contributed by atoms with van der Waals surface area (Å²) in [7, 11) is 0. The van der Waals surface area contributed by atoms with Crippen LogP contribution in [-0.4, -0.2) is 42.6 Å². The molecular formula is C25H33N5O3. The van der Waals surface area contributed by atoms with Crippen molar-refractivity contribution in [1.82, 2.24) is 23.6 Å². The lowest BCUT2D eigenvalue weighted by Crippen LogP contribution is -2.46. The molecule has 2 aromatic heterocycles. The summed E-state index contributed by atoms with van der Waals surface area (Å²) in [5.41, 5.74) is 0.738. The van der Waals surface area contributed by atoms with Gasteiger partial charge in [0.05, 0.1) is 12.9 Å². The second kappa shape index (κ2) is 9.77. The van der Waals surface area contributed by atoms with Crippen molar-refractivity contribution in [2.75, 3.05) is 13.1 Å². The highest BCUT2D eigenvalue weighted by Crippen LogP contribution is 2.16. The number of likely N-dealkylation sites (tertiary alicyclic amines) is 1. The van der Waals surface area contributed by atoms with E-state index < -0.39 is 11.2 Å². The second-order valence-electron chi connectivity index (χ2n) is 9.60. The average molecular weight is 452 g/mol. The van der Waals surface area contributed by atoms with Crippen molar-refractivity contribution in [3.63, 3.8) is 0 Å². The molecule has 1 aliphatic rings. The van der Waals surface area contributed by atoms with Gasteiger partial charge in [-0.15, -0.1) is 0 Å². The van der Waals surface area contributed by atoms with Crippen molar-refractivity contribution < 1.29 is 4.79 Å².